The van der Waals surface area contributed by atoms with Crippen molar-refractivity contribution in [3.05, 3.63) is 31.1 Å². The Balaban J connectivity index is 2.95. The lowest BCUT2D eigenvalue weighted by molar-refractivity contribution is 1.30. The molecule has 0 unspecified atom stereocenters. The van der Waals surface area contributed by atoms with Crippen LogP contribution in [0.15, 0.2) is 18.6 Å². The first-order valence-corrected chi connectivity index (χ1v) is 2.98. The van der Waals surface area contributed by atoms with Gasteiger partial charge in [-0.05, 0) is 18.6 Å². The third kappa shape index (κ3) is 0.603. The number of fused-ring (bicyclic) bond motifs is 1. The second-order valence-electron chi connectivity index (χ2n) is 2.07. The molecule has 3 heteroatoms. The van der Waals surface area contributed by atoms with Gasteiger partial charge in [-0.1, -0.05) is 0 Å². The molecule has 10 heavy (non-hydrogen) atoms. The summed E-state index contributed by atoms with van der Waals surface area (Å²) in [5.41, 5.74) is 2.58. The van der Waals surface area contributed by atoms with Gasteiger partial charge in [-0.25, -0.2) is 9.97 Å². The summed E-state index contributed by atoms with van der Waals surface area (Å²) in [5, 5.41) is 0. The Morgan fingerprint density at radius 2 is 2.30 bits per heavy atom. The largest absolute Gasteiger partial charge is 0.343 e. The van der Waals surface area contributed by atoms with Gasteiger partial charge in [0, 0.05) is 6.20 Å². The highest BCUT2D eigenvalue weighted by Crippen LogP contribution is 2.08. The maximum atomic E-state index is 4.02. The number of aromatic amines is 1. The zero-order chi connectivity index (χ0) is 6.97. The normalized spacial score (nSPS) is 10.5. The first-order valence-electron chi connectivity index (χ1n) is 2.98. The smallest absolute Gasteiger partial charge is 0.177 e. The summed E-state index contributed by atoms with van der Waals surface area (Å²) in [6.07, 6.45) is 3.32. The van der Waals surface area contributed by atoms with Gasteiger partial charge in [0.15, 0.2) is 5.65 Å². The van der Waals surface area contributed by atoms with E-state index >= 15 is 0 Å². The number of H-pyrrole nitrogens is 1. The van der Waals surface area contributed by atoms with Crippen molar-refractivity contribution in [3.8, 4) is 0 Å². The molecule has 0 saturated carbocycles. The van der Waals surface area contributed by atoms with Gasteiger partial charge in [-0.2, -0.15) is 0 Å². The third-order valence-electron chi connectivity index (χ3n) is 1.41. The van der Waals surface area contributed by atoms with Crippen molar-refractivity contribution < 1.29 is 0 Å². The lowest BCUT2D eigenvalue weighted by Gasteiger charge is -1.89. The summed E-state index contributed by atoms with van der Waals surface area (Å²) in [4.78, 5) is 10.9. The monoisotopic (exact) mass is 132 g/mol. The Kier molecular flexibility index (Phi) is 0.974. The van der Waals surface area contributed by atoms with Crippen molar-refractivity contribution in [1.82, 2.24) is 15.0 Å². The molecule has 0 aliphatic rings. The fourth-order valence-electron chi connectivity index (χ4n) is 0.902. The van der Waals surface area contributed by atoms with Crippen molar-refractivity contribution in [1.29, 1.82) is 0 Å². The SMILES string of the molecule is [CH2]c1ccnc2nc[nH]c12. The van der Waals surface area contributed by atoms with Crippen molar-refractivity contribution in [2.24, 2.45) is 0 Å². The molecule has 0 atom stereocenters. The number of rotatable bonds is 0. The second kappa shape index (κ2) is 1.80. The molecular weight excluding hydrogens is 126 g/mol. The average Bonchev–Trinajstić information content (AvgIpc) is 2.36. The summed E-state index contributed by atoms with van der Waals surface area (Å²) >= 11 is 0. The lowest BCUT2D eigenvalue weighted by Crippen LogP contribution is -1.78. The number of hydrogen-bond donors (Lipinski definition) is 1. The van der Waals surface area contributed by atoms with Crippen LogP contribution in [0.5, 0.6) is 0 Å². The molecular formula is C7H6N3. The zero-order valence-electron chi connectivity index (χ0n) is 5.33. The van der Waals surface area contributed by atoms with Gasteiger partial charge in [0.2, 0.25) is 0 Å². The molecule has 0 amide bonds. The molecule has 1 radical (unpaired) electrons. The first kappa shape index (κ1) is 5.41. The van der Waals surface area contributed by atoms with Gasteiger partial charge >= 0.3 is 0 Å². The Morgan fingerprint density at radius 3 is 3.10 bits per heavy atom. The van der Waals surface area contributed by atoms with Gasteiger partial charge in [0.25, 0.3) is 0 Å². The molecule has 3 nitrogen and oxygen atoms in total. The quantitative estimate of drug-likeness (QED) is 0.584. The molecule has 0 aliphatic heterocycles. The molecule has 1 N–H and O–H groups in total. The van der Waals surface area contributed by atoms with E-state index in [0.29, 0.717) is 0 Å². The number of pyridine rings is 1. The molecule has 2 aromatic heterocycles. The lowest BCUT2D eigenvalue weighted by atomic mass is 10.3. The van der Waals surface area contributed by atoms with Crippen LogP contribution in [0.1, 0.15) is 5.56 Å². The fraction of sp³-hybridized carbons (Fsp3) is 0. The van der Waals surface area contributed by atoms with E-state index in [2.05, 4.69) is 21.9 Å². The topological polar surface area (TPSA) is 41.6 Å². The highest BCUT2D eigenvalue weighted by molar-refractivity contribution is 5.74. The van der Waals surface area contributed by atoms with Crippen molar-refractivity contribution >= 4 is 11.2 Å². The van der Waals surface area contributed by atoms with E-state index in [0.717, 1.165) is 16.7 Å². The Hall–Kier alpha value is -1.38. The minimum absolute atomic E-state index is 0.729. The molecule has 2 rings (SSSR count). The standard InChI is InChI=1S/C7H6N3/c1-5-2-3-8-7-6(5)9-4-10-7/h2-4H,1H2,(H,8,9,10). The van der Waals surface area contributed by atoms with E-state index in [9.17, 15) is 0 Å². The van der Waals surface area contributed by atoms with Crippen molar-refractivity contribution in [3.63, 3.8) is 0 Å². The van der Waals surface area contributed by atoms with E-state index in [-0.39, 0.29) is 0 Å². The number of imidazole rings is 1. The van der Waals surface area contributed by atoms with E-state index in [1.54, 1.807) is 12.5 Å². The molecule has 0 aromatic carbocycles. The maximum absolute atomic E-state index is 4.02. The van der Waals surface area contributed by atoms with Gasteiger partial charge in [0.1, 0.15) is 0 Å². The number of nitrogens with one attached hydrogen (secondary N) is 1. The van der Waals surface area contributed by atoms with Crippen LogP contribution < -0.4 is 0 Å². The van der Waals surface area contributed by atoms with Crippen molar-refractivity contribution in [2.45, 2.75) is 0 Å². The molecule has 0 aliphatic carbocycles. The molecule has 0 bridgehead atoms. The predicted octanol–water partition coefficient (Wildman–Crippen LogP) is 1.14. The molecule has 2 heterocycles. The predicted molar refractivity (Wildman–Crippen MR) is 38.3 cm³/mol. The average molecular weight is 132 g/mol. The number of hydrogen-bond acceptors (Lipinski definition) is 2. The maximum Gasteiger partial charge on any atom is 0.177 e. The minimum Gasteiger partial charge on any atom is -0.343 e. The van der Waals surface area contributed by atoms with E-state index in [1.807, 2.05) is 6.07 Å². The van der Waals surface area contributed by atoms with E-state index in [4.69, 9.17) is 0 Å². The summed E-state index contributed by atoms with van der Waals surface area (Å²) in [6.45, 7) is 3.81. The number of nitrogens with zero attached hydrogens (tertiary/aromatic N) is 2. The second-order valence-corrected chi connectivity index (χ2v) is 2.07. The van der Waals surface area contributed by atoms with Crippen LogP contribution in [-0.4, -0.2) is 15.0 Å². The molecule has 2 aromatic rings. The summed E-state index contributed by atoms with van der Waals surface area (Å²) in [7, 11) is 0. The van der Waals surface area contributed by atoms with Gasteiger partial charge < -0.3 is 4.98 Å². The Bertz CT molecular complexity index is 350. The van der Waals surface area contributed by atoms with Crippen molar-refractivity contribution in [2.75, 3.05) is 0 Å². The van der Waals surface area contributed by atoms with Crippen LogP contribution in [0.25, 0.3) is 11.2 Å². The summed E-state index contributed by atoms with van der Waals surface area (Å²) < 4.78 is 0. The van der Waals surface area contributed by atoms with Gasteiger partial charge in [-0.15, -0.1) is 0 Å². The third-order valence-corrected chi connectivity index (χ3v) is 1.41. The van der Waals surface area contributed by atoms with Gasteiger partial charge in [0.05, 0.1) is 11.8 Å². The first-order chi connectivity index (χ1) is 4.88. The van der Waals surface area contributed by atoms with Crippen LogP contribution in [0.3, 0.4) is 0 Å². The Labute approximate surface area is 58.1 Å². The molecule has 49 valence electrons. The van der Waals surface area contributed by atoms with Crippen LogP contribution in [0.2, 0.25) is 0 Å². The van der Waals surface area contributed by atoms with Crippen LogP contribution >= 0.6 is 0 Å². The Morgan fingerprint density at radius 1 is 1.40 bits per heavy atom. The van der Waals surface area contributed by atoms with Crippen LogP contribution in [-0.2, 0) is 0 Å². The van der Waals surface area contributed by atoms with E-state index < -0.39 is 0 Å². The number of aromatic nitrogens is 3. The molecule has 0 spiro atoms. The minimum atomic E-state index is 0.729. The van der Waals surface area contributed by atoms with Crippen LogP contribution in [0.4, 0.5) is 0 Å². The van der Waals surface area contributed by atoms with E-state index in [1.165, 1.54) is 0 Å². The highest BCUT2D eigenvalue weighted by atomic mass is 14.9. The summed E-state index contributed by atoms with van der Waals surface area (Å²) in [5.74, 6) is 0. The zero-order valence-corrected chi connectivity index (χ0v) is 5.33. The summed E-state index contributed by atoms with van der Waals surface area (Å²) in [6, 6.07) is 1.85. The van der Waals surface area contributed by atoms with Crippen LogP contribution in [0, 0.1) is 6.92 Å². The molecule has 0 fully saturated rings. The highest BCUT2D eigenvalue weighted by Gasteiger charge is 1.96. The molecule has 0 saturated heterocycles. The fourth-order valence-corrected chi connectivity index (χ4v) is 0.902. The van der Waals surface area contributed by atoms with Gasteiger partial charge in [-0.3, -0.25) is 0 Å².